The Bertz CT molecular complexity index is 5770. The molecule has 0 radical (unpaired) electrons. The first-order valence-electron chi connectivity index (χ1n) is 28.7. The van der Waals surface area contributed by atoms with Crippen molar-refractivity contribution in [2.75, 3.05) is 4.93 Å². The first-order valence-corrected chi connectivity index (χ1v) is 33.8. The quantitative estimate of drug-likeness (QED) is 0.115. The maximum absolute atomic E-state index is 12.9. The van der Waals surface area contributed by atoms with Crippen LogP contribution in [0.15, 0.2) is 264 Å². The third-order valence-corrected chi connectivity index (χ3v) is 15.8. The summed E-state index contributed by atoms with van der Waals surface area (Å²) in [6.45, 7) is 0.670. The summed E-state index contributed by atoms with van der Waals surface area (Å²) in [6, 6.07) is 50.7. The molecule has 0 bridgehead atoms. The van der Waals surface area contributed by atoms with Crippen molar-refractivity contribution in [3.05, 3.63) is 364 Å². The zero-order valence-corrected chi connectivity index (χ0v) is 59.0. The van der Waals surface area contributed by atoms with E-state index < -0.39 is 56.9 Å². The van der Waals surface area contributed by atoms with Crippen molar-refractivity contribution in [3.8, 4) is 0 Å². The highest BCUT2D eigenvalue weighted by molar-refractivity contribution is 14.1. The van der Waals surface area contributed by atoms with Gasteiger partial charge in [0.2, 0.25) is 0 Å². The molecule has 0 aliphatic rings. The Morgan fingerprint density at radius 3 is 1.01 bits per heavy atom. The van der Waals surface area contributed by atoms with Crippen LogP contribution in [0.25, 0.3) is 54.5 Å². The summed E-state index contributed by atoms with van der Waals surface area (Å²) in [5.74, 6) is -4.54. The van der Waals surface area contributed by atoms with Crippen LogP contribution in [-0.4, -0.2) is 28.2 Å². The first kappa shape index (κ1) is 75.9. The van der Waals surface area contributed by atoms with Gasteiger partial charge < -0.3 is 22.1 Å². The van der Waals surface area contributed by atoms with E-state index in [1.54, 1.807) is 97.1 Å². The van der Waals surface area contributed by atoms with Crippen LogP contribution in [0.2, 0.25) is 25.1 Å². The lowest BCUT2D eigenvalue weighted by Crippen LogP contribution is -2.25. The van der Waals surface area contributed by atoms with Crippen LogP contribution >= 0.6 is 96.5 Å². The molecular formula is C70H47BrCl5F3IN5O15. The van der Waals surface area contributed by atoms with Crippen LogP contribution in [0.5, 0.6) is 0 Å². The largest absolute Gasteiger partial charge is 0.422 e. The minimum absolute atomic E-state index is 0.168. The Morgan fingerprint density at radius 1 is 0.360 bits per heavy atom. The Morgan fingerprint density at radius 2 is 0.650 bits per heavy atom. The standard InChI is InChI=1S/2C15H9ClFNO3.C15H10ClNO3.C9H6ClNO3.C8H4ClNO3.C7H6BrF.CH3I/c2*16-10-3-6-13-12(7-10)14(19)21-15(20)18(13)8-9-1-4-11(17)5-2-9;16-11-6-7-13-12(8-11)14(18)20-15(19)17(13)9-10-4-2-1-3-5-10;1-11-7-3-2-5(10)4-6(7)8(12)14-9(11)13;9-4-1-2-6-5(3-4)7(11)13-8(12)10-6;8-5-6-1-3-7(9)4-2-6;1-2/h2*1-7H,8H2;1-8H,9H2;2-4H,1H3;1-3H,(H,10,12);1-4H,5H2;1H3. The van der Waals surface area contributed by atoms with E-state index in [-0.39, 0.29) is 46.7 Å². The van der Waals surface area contributed by atoms with Crippen molar-refractivity contribution in [1.29, 1.82) is 0 Å². The number of alkyl halides is 2. The Balaban J connectivity index is 0.000000155. The predicted molar refractivity (Wildman–Crippen MR) is 392 cm³/mol. The van der Waals surface area contributed by atoms with Crippen molar-refractivity contribution in [3.63, 3.8) is 0 Å². The molecule has 100 heavy (non-hydrogen) atoms. The normalized spacial score (nSPS) is 10.6. The van der Waals surface area contributed by atoms with Gasteiger partial charge in [0, 0.05) is 37.5 Å². The average Bonchev–Trinajstić information content (AvgIpc) is 0.810. The van der Waals surface area contributed by atoms with E-state index >= 15 is 0 Å². The number of halogens is 10. The molecule has 1 N–H and O–H groups in total. The van der Waals surface area contributed by atoms with Gasteiger partial charge in [0.05, 0.1) is 74.1 Å². The highest BCUT2D eigenvalue weighted by atomic mass is 127. The number of rotatable bonds is 7. The molecular weight excluding hydrogens is 1590 g/mol. The molecule has 9 aromatic carbocycles. The highest BCUT2D eigenvalue weighted by Gasteiger charge is 2.15. The molecule has 0 saturated carbocycles. The minimum atomic E-state index is -0.765. The predicted octanol–water partition coefficient (Wildman–Crippen LogP) is 14.3. The molecule has 20 nitrogen and oxygen atoms in total. The fourth-order valence-electron chi connectivity index (χ4n) is 9.25. The highest BCUT2D eigenvalue weighted by Crippen LogP contribution is 2.21. The number of fused-ring (bicyclic) bond motifs is 5. The average molecular weight is 1640 g/mol. The van der Waals surface area contributed by atoms with Crippen molar-refractivity contribution < 1.29 is 35.3 Å². The number of benzene rings is 9. The SMILES string of the molecule is CI.Cn1c(=O)oc(=O)c2cc(Cl)ccc21.Fc1ccc(CBr)cc1.O=c1[nH]c2ccc(Cl)cc2c(=O)o1.O=c1oc(=O)n(Cc2ccc(F)cc2)c2ccc(Cl)cc12.O=c1oc(=O)n(Cc2ccc(F)cc2)c2ccc(Cl)cc12.O=c1oc(=O)n(Cc2ccccc2)c2ccc(Cl)cc12. The summed E-state index contributed by atoms with van der Waals surface area (Å²) in [5.41, 5.74) is 2.28. The topological polar surface area (TPSA) is 272 Å². The molecule has 0 saturated heterocycles. The van der Waals surface area contributed by atoms with Gasteiger partial charge >= 0.3 is 56.9 Å². The molecule has 0 unspecified atom stereocenters. The molecule has 0 amide bonds. The molecule has 5 aromatic heterocycles. The van der Waals surface area contributed by atoms with Gasteiger partial charge in [0.1, 0.15) is 17.5 Å². The second kappa shape index (κ2) is 35.3. The van der Waals surface area contributed by atoms with E-state index in [4.69, 9.17) is 71.3 Å². The van der Waals surface area contributed by atoms with Gasteiger partial charge in [0.15, 0.2) is 0 Å². The zero-order valence-electron chi connectivity index (χ0n) is 51.5. The molecule has 14 rings (SSSR count). The van der Waals surface area contributed by atoms with Crippen molar-refractivity contribution >= 4 is 151 Å². The lowest BCUT2D eigenvalue weighted by atomic mass is 10.2. The van der Waals surface area contributed by atoms with E-state index in [0.29, 0.717) is 81.1 Å². The van der Waals surface area contributed by atoms with Crippen molar-refractivity contribution in [2.45, 2.75) is 25.0 Å². The van der Waals surface area contributed by atoms with E-state index in [0.717, 1.165) is 16.5 Å². The zero-order chi connectivity index (χ0) is 72.5. The third-order valence-electron chi connectivity index (χ3n) is 14.0. The molecule has 30 heteroatoms. The van der Waals surface area contributed by atoms with Gasteiger partial charge in [-0.2, -0.15) is 0 Å². The van der Waals surface area contributed by atoms with E-state index in [1.165, 1.54) is 92.0 Å². The van der Waals surface area contributed by atoms with E-state index in [1.807, 2.05) is 35.3 Å². The molecule has 14 aromatic rings. The molecule has 512 valence electrons. The van der Waals surface area contributed by atoms with E-state index in [9.17, 15) is 61.1 Å². The Kier molecular flexibility index (Phi) is 26.8. The Hall–Kier alpha value is -9.87. The number of aromatic amines is 1. The summed E-state index contributed by atoms with van der Waals surface area (Å²) in [7, 11) is 1.53. The number of hydrogen-bond acceptors (Lipinski definition) is 15. The monoisotopic (exact) mass is 1630 g/mol. The molecule has 0 aliphatic heterocycles. The van der Waals surface area contributed by atoms with Gasteiger partial charge in [-0.3, -0.25) is 23.3 Å². The number of aromatic nitrogens is 5. The Labute approximate surface area is 605 Å². The van der Waals surface area contributed by atoms with Gasteiger partial charge in [-0.1, -0.05) is 163 Å². The first-order chi connectivity index (χ1) is 47.8. The summed E-state index contributed by atoms with van der Waals surface area (Å²) in [5, 5.41) is 4.15. The minimum Gasteiger partial charge on any atom is -0.372 e. The summed E-state index contributed by atoms with van der Waals surface area (Å²) in [6.07, 6.45) is 0. The molecule has 0 atom stereocenters. The smallest absolute Gasteiger partial charge is 0.372 e. The van der Waals surface area contributed by atoms with Crippen LogP contribution in [0.4, 0.5) is 13.2 Å². The summed E-state index contributed by atoms with van der Waals surface area (Å²) < 4.78 is 66.2. The number of hydrogen-bond donors (Lipinski definition) is 1. The van der Waals surface area contributed by atoms with Crippen LogP contribution in [0.3, 0.4) is 0 Å². The number of nitrogens with zero attached hydrogens (tertiary/aromatic N) is 4. The fraction of sp³-hybridized carbons (Fsp3) is 0.0857. The second-order valence-corrected chi connectivity index (χ2v) is 23.3. The number of nitrogens with one attached hydrogen (secondary N) is 1. The maximum atomic E-state index is 12.9. The lowest BCUT2D eigenvalue weighted by Gasteiger charge is -2.08. The van der Waals surface area contributed by atoms with Crippen LogP contribution in [0, 0.1) is 17.5 Å². The summed E-state index contributed by atoms with van der Waals surface area (Å²) >= 11 is 34.4. The molecule has 5 heterocycles. The van der Waals surface area contributed by atoms with Gasteiger partial charge in [0.25, 0.3) is 0 Å². The van der Waals surface area contributed by atoms with Crippen molar-refractivity contribution in [2.24, 2.45) is 7.05 Å². The van der Waals surface area contributed by atoms with Crippen LogP contribution in [0.1, 0.15) is 22.3 Å². The van der Waals surface area contributed by atoms with Crippen LogP contribution in [-0.2, 0) is 32.0 Å². The lowest BCUT2D eigenvalue weighted by molar-refractivity contribution is 0.424. The molecule has 0 fully saturated rings. The molecule has 0 spiro atoms. The summed E-state index contributed by atoms with van der Waals surface area (Å²) in [4.78, 5) is 119. The van der Waals surface area contributed by atoms with Gasteiger partial charge in [-0.25, -0.2) is 61.1 Å². The van der Waals surface area contributed by atoms with Crippen LogP contribution < -0.4 is 56.9 Å². The van der Waals surface area contributed by atoms with Gasteiger partial charge in [-0.05, 0) is 155 Å². The number of aryl methyl sites for hydroxylation is 1. The molecule has 0 aliphatic carbocycles. The second-order valence-electron chi connectivity index (χ2n) is 20.6. The number of H-pyrrole nitrogens is 1. The fourth-order valence-corrected chi connectivity index (χ4v) is 10.5. The maximum Gasteiger partial charge on any atom is 0.422 e. The van der Waals surface area contributed by atoms with Gasteiger partial charge in [-0.15, -0.1) is 0 Å². The van der Waals surface area contributed by atoms with E-state index in [2.05, 4.69) is 52.3 Å². The van der Waals surface area contributed by atoms with Crippen molar-refractivity contribution in [1.82, 2.24) is 23.3 Å². The third kappa shape index (κ3) is 19.9.